The first-order valence-corrected chi connectivity index (χ1v) is 11.3. The second kappa shape index (κ2) is 5.54. The van der Waals surface area contributed by atoms with E-state index in [-0.39, 0.29) is 11.4 Å². The number of aromatic nitrogens is 2. The number of fused-ring (bicyclic) bond motifs is 3. The molecule has 5 fully saturated rings. The summed E-state index contributed by atoms with van der Waals surface area (Å²) in [5.74, 6) is 3.50. The fourth-order valence-electron chi connectivity index (χ4n) is 7.98. The molecule has 5 atom stereocenters. The molecule has 0 radical (unpaired) electrons. The molecule has 1 aliphatic heterocycles. The van der Waals surface area contributed by atoms with Crippen LogP contribution >= 0.6 is 0 Å². The van der Waals surface area contributed by atoms with E-state index in [0.717, 1.165) is 42.3 Å². The number of carbonyl (C=O) groups excluding carboxylic acids is 1. The van der Waals surface area contributed by atoms with E-state index in [1.54, 1.807) is 0 Å². The second-order valence-corrected chi connectivity index (χ2v) is 10.3. The molecule has 5 unspecified atom stereocenters. The number of pyridine rings is 1. The van der Waals surface area contributed by atoms with Crippen molar-refractivity contribution >= 4 is 17.4 Å². The fourth-order valence-corrected chi connectivity index (χ4v) is 7.98. The van der Waals surface area contributed by atoms with Crippen molar-refractivity contribution in [1.82, 2.24) is 14.7 Å². The van der Waals surface area contributed by atoms with Gasteiger partial charge in [-0.1, -0.05) is 6.07 Å². The van der Waals surface area contributed by atoms with Crippen molar-refractivity contribution in [2.75, 3.05) is 31.2 Å². The maximum Gasteiger partial charge on any atom is 0.272 e. The first-order valence-electron chi connectivity index (χ1n) is 11.3. The van der Waals surface area contributed by atoms with Crippen LogP contribution in [0.2, 0.25) is 0 Å². The molecule has 1 N–H and O–H groups in total. The molecule has 152 valence electrons. The zero-order chi connectivity index (χ0) is 19.2. The van der Waals surface area contributed by atoms with Gasteiger partial charge in [-0.15, -0.1) is 0 Å². The van der Waals surface area contributed by atoms with Crippen LogP contribution in [-0.4, -0.2) is 47.1 Å². The number of carbonyl (C=O) groups is 1. The van der Waals surface area contributed by atoms with Gasteiger partial charge in [-0.25, -0.2) is 4.98 Å². The Kier molecular flexibility index (Phi) is 3.19. The van der Waals surface area contributed by atoms with E-state index in [1.165, 1.54) is 38.5 Å². The lowest BCUT2D eigenvalue weighted by atomic mass is 9.56. The quantitative estimate of drug-likeness (QED) is 0.873. The van der Waals surface area contributed by atoms with Crippen LogP contribution in [0.15, 0.2) is 24.4 Å². The van der Waals surface area contributed by atoms with Crippen LogP contribution in [0.5, 0.6) is 0 Å². The van der Waals surface area contributed by atoms with Crippen LogP contribution in [0.1, 0.15) is 49.0 Å². The minimum atomic E-state index is 0.0137. The monoisotopic (exact) mass is 392 g/mol. The minimum Gasteiger partial charge on any atom is -0.378 e. The van der Waals surface area contributed by atoms with Gasteiger partial charge in [-0.3, -0.25) is 9.20 Å². The molecule has 4 aliphatic carbocycles. The average molecular weight is 393 g/mol. The normalized spacial score (nSPS) is 39.6. The number of anilines is 1. The van der Waals surface area contributed by atoms with Crippen molar-refractivity contribution < 1.29 is 9.53 Å². The van der Waals surface area contributed by atoms with Crippen LogP contribution in [0.3, 0.4) is 0 Å². The number of nitrogens with one attached hydrogen (secondary N) is 1. The maximum atomic E-state index is 13.5. The zero-order valence-corrected chi connectivity index (χ0v) is 16.8. The number of imidazole rings is 1. The van der Waals surface area contributed by atoms with E-state index in [2.05, 4.69) is 14.6 Å². The number of rotatable bonds is 3. The Bertz CT molecular complexity index is 1010. The number of amides is 1. The van der Waals surface area contributed by atoms with Gasteiger partial charge in [0.2, 0.25) is 5.95 Å². The van der Waals surface area contributed by atoms with Crippen LogP contribution < -0.4 is 10.2 Å². The number of hydrogen-bond acceptors (Lipinski definition) is 4. The highest BCUT2D eigenvalue weighted by atomic mass is 16.5. The van der Waals surface area contributed by atoms with Crippen molar-refractivity contribution in [2.24, 2.45) is 23.2 Å². The number of morpholine rings is 1. The Hall–Kier alpha value is -2.08. The molecule has 3 heterocycles. The van der Waals surface area contributed by atoms with Gasteiger partial charge in [0.15, 0.2) is 5.69 Å². The van der Waals surface area contributed by atoms with E-state index < -0.39 is 0 Å². The summed E-state index contributed by atoms with van der Waals surface area (Å²) in [4.78, 5) is 20.6. The maximum absolute atomic E-state index is 13.5. The third-order valence-corrected chi connectivity index (χ3v) is 8.88. The van der Waals surface area contributed by atoms with Crippen molar-refractivity contribution in [3.63, 3.8) is 0 Å². The van der Waals surface area contributed by atoms with Gasteiger partial charge >= 0.3 is 0 Å². The van der Waals surface area contributed by atoms with E-state index in [1.807, 2.05) is 24.4 Å². The highest BCUT2D eigenvalue weighted by Crippen LogP contribution is 2.76. The summed E-state index contributed by atoms with van der Waals surface area (Å²) in [6, 6.07) is 6.02. The number of nitrogens with zero attached hydrogens (tertiary/aromatic N) is 3. The lowest BCUT2D eigenvalue weighted by Gasteiger charge is -2.49. The Morgan fingerprint density at radius 1 is 1.14 bits per heavy atom. The molecule has 1 spiro atoms. The van der Waals surface area contributed by atoms with Gasteiger partial charge in [-0.05, 0) is 73.8 Å². The molecule has 2 aromatic heterocycles. The van der Waals surface area contributed by atoms with Crippen molar-refractivity contribution in [1.29, 1.82) is 0 Å². The summed E-state index contributed by atoms with van der Waals surface area (Å²) in [6.45, 7) is 3.04. The molecule has 1 saturated heterocycles. The standard InChI is InChI=1S/C23H28N4O2/c28-20(25-22-11-15-9-16-10-17(13-22)23(16,12-15)14-22)19-18-3-1-2-4-27(18)21(24-19)26-5-7-29-8-6-26/h1-4,15-17H,5-14H2,(H,25,28). The molecule has 5 aliphatic rings. The van der Waals surface area contributed by atoms with Gasteiger partial charge in [-0.2, -0.15) is 0 Å². The summed E-state index contributed by atoms with van der Waals surface area (Å²) in [7, 11) is 0. The first-order chi connectivity index (χ1) is 14.2. The molecule has 6 nitrogen and oxygen atoms in total. The summed E-state index contributed by atoms with van der Waals surface area (Å²) < 4.78 is 7.57. The van der Waals surface area contributed by atoms with E-state index in [9.17, 15) is 4.79 Å². The third-order valence-electron chi connectivity index (χ3n) is 8.88. The molecular weight excluding hydrogens is 364 g/mol. The Labute approximate surface area is 170 Å². The zero-order valence-electron chi connectivity index (χ0n) is 16.8. The van der Waals surface area contributed by atoms with E-state index in [4.69, 9.17) is 9.72 Å². The topological polar surface area (TPSA) is 58.9 Å². The van der Waals surface area contributed by atoms with Gasteiger partial charge in [0.25, 0.3) is 5.91 Å². The Balaban J connectivity index is 1.23. The largest absolute Gasteiger partial charge is 0.378 e. The predicted molar refractivity (Wildman–Crippen MR) is 109 cm³/mol. The molecule has 2 aromatic rings. The van der Waals surface area contributed by atoms with Gasteiger partial charge in [0.1, 0.15) is 0 Å². The Morgan fingerprint density at radius 3 is 2.93 bits per heavy atom. The summed E-state index contributed by atoms with van der Waals surface area (Å²) in [5, 5.41) is 3.54. The van der Waals surface area contributed by atoms with Crippen molar-refractivity contribution in [2.45, 2.75) is 44.1 Å². The molecule has 0 aromatic carbocycles. The van der Waals surface area contributed by atoms with Crippen LogP contribution in [0.25, 0.3) is 5.52 Å². The highest BCUT2D eigenvalue weighted by molar-refractivity contribution is 6.00. The van der Waals surface area contributed by atoms with Gasteiger partial charge in [0, 0.05) is 24.8 Å². The van der Waals surface area contributed by atoms with Crippen molar-refractivity contribution in [3.8, 4) is 0 Å². The second-order valence-electron chi connectivity index (χ2n) is 10.3. The average Bonchev–Trinajstić information content (AvgIpc) is 3.27. The number of hydrogen-bond donors (Lipinski definition) is 1. The van der Waals surface area contributed by atoms with E-state index in [0.29, 0.717) is 24.3 Å². The summed E-state index contributed by atoms with van der Waals surface area (Å²) in [6.07, 6.45) is 9.82. The summed E-state index contributed by atoms with van der Waals surface area (Å²) >= 11 is 0. The van der Waals surface area contributed by atoms with Gasteiger partial charge in [0.05, 0.1) is 18.7 Å². The molecule has 6 heteroatoms. The Morgan fingerprint density at radius 2 is 2.03 bits per heavy atom. The van der Waals surface area contributed by atoms with Crippen LogP contribution in [-0.2, 0) is 4.74 Å². The lowest BCUT2D eigenvalue weighted by Crippen LogP contribution is -2.50. The SMILES string of the molecule is O=C(NC12CC3CC4CC(C1)C4(C3)C2)c1nc(N2CCOCC2)n2ccccc12. The smallest absolute Gasteiger partial charge is 0.272 e. The lowest BCUT2D eigenvalue weighted by molar-refractivity contribution is -0.000693. The highest BCUT2D eigenvalue weighted by Gasteiger charge is 2.71. The summed E-state index contributed by atoms with van der Waals surface area (Å²) in [5.41, 5.74) is 2.07. The molecule has 3 bridgehead atoms. The molecule has 4 saturated carbocycles. The van der Waals surface area contributed by atoms with Gasteiger partial charge < -0.3 is 15.0 Å². The predicted octanol–water partition coefficient (Wildman–Crippen LogP) is 2.87. The minimum absolute atomic E-state index is 0.0137. The van der Waals surface area contributed by atoms with Crippen LogP contribution in [0.4, 0.5) is 5.95 Å². The number of ether oxygens (including phenoxy) is 1. The molecule has 7 rings (SSSR count). The molecule has 29 heavy (non-hydrogen) atoms. The first kappa shape index (κ1) is 16.7. The van der Waals surface area contributed by atoms with E-state index >= 15 is 0 Å². The molecule has 1 amide bonds. The third kappa shape index (κ3) is 2.16. The molecular formula is C23H28N4O2. The van der Waals surface area contributed by atoms with Crippen molar-refractivity contribution in [3.05, 3.63) is 30.1 Å². The van der Waals surface area contributed by atoms with Crippen LogP contribution in [0, 0.1) is 23.2 Å². The fraction of sp³-hybridized carbons (Fsp3) is 0.652.